The van der Waals surface area contributed by atoms with Crippen LogP contribution in [0.15, 0.2) is 12.1 Å². The Bertz CT molecular complexity index is 467. The summed E-state index contributed by atoms with van der Waals surface area (Å²) in [5.74, 6) is 0.887. The molecule has 0 spiro atoms. The minimum absolute atomic E-state index is 0.171. The van der Waals surface area contributed by atoms with Crippen molar-refractivity contribution in [2.24, 2.45) is 0 Å². The van der Waals surface area contributed by atoms with Gasteiger partial charge in [0.2, 0.25) is 0 Å². The molecule has 1 N–H and O–H groups in total. The van der Waals surface area contributed by atoms with Gasteiger partial charge in [0, 0.05) is 12.0 Å². The lowest BCUT2D eigenvalue weighted by molar-refractivity contribution is 0.168. The molecule has 1 aromatic carbocycles. The second-order valence-corrected chi connectivity index (χ2v) is 5.37. The van der Waals surface area contributed by atoms with E-state index in [0.717, 1.165) is 16.9 Å². The number of nitrogens with one attached hydrogen (secondary N) is 1. The van der Waals surface area contributed by atoms with Crippen LogP contribution in [-0.2, 0) is 10.2 Å². The fourth-order valence-corrected chi connectivity index (χ4v) is 2.20. The summed E-state index contributed by atoms with van der Waals surface area (Å²) in [6, 6.07) is 4.15. The van der Waals surface area contributed by atoms with Gasteiger partial charge in [-0.1, -0.05) is 19.9 Å². The van der Waals surface area contributed by atoms with Gasteiger partial charge >= 0.3 is 6.09 Å². The minimum Gasteiger partial charge on any atom is -0.496 e. The lowest BCUT2D eigenvalue weighted by Gasteiger charge is -2.28. The average molecular weight is 265 g/mol. The number of carbonyl (C=O) groups excluding carboxylic acids is 1. The standard InChI is InChI=1S/C15H23NO3/c1-10-8-13(18-5)11(2)7-12(10)15(3,4)9-16-14(17)19-6/h7-8H,9H2,1-6H3,(H,16,17). The topological polar surface area (TPSA) is 47.6 Å². The maximum absolute atomic E-state index is 11.2. The molecule has 0 aromatic heterocycles. The highest BCUT2D eigenvalue weighted by Gasteiger charge is 2.24. The SMILES string of the molecule is COC(=O)NCC(C)(C)c1cc(C)c(OC)cc1C. The summed E-state index contributed by atoms with van der Waals surface area (Å²) in [6.45, 7) is 8.78. The van der Waals surface area contributed by atoms with Crippen LogP contribution in [0, 0.1) is 13.8 Å². The van der Waals surface area contributed by atoms with E-state index in [1.807, 2.05) is 13.0 Å². The second-order valence-electron chi connectivity index (χ2n) is 5.37. The smallest absolute Gasteiger partial charge is 0.406 e. The van der Waals surface area contributed by atoms with E-state index in [1.165, 1.54) is 12.7 Å². The summed E-state index contributed by atoms with van der Waals surface area (Å²) in [5, 5.41) is 2.75. The van der Waals surface area contributed by atoms with Gasteiger partial charge < -0.3 is 14.8 Å². The van der Waals surface area contributed by atoms with Crippen molar-refractivity contribution in [1.29, 1.82) is 0 Å². The molecule has 0 radical (unpaired) electrons. The number of hydrogen-bond acceptors (Lipinski definition) is 3. The van der Waals surface area contributed by atoms with Crippen molar-refractivity contribution in [3.63, 3.8) is 0 Å². The molecule has 0 saturated heterocycles. The zero-order chi connectivity index (χ0) is 14.6. The first kappa shape index (κ1) is 15.3. The van der Waals surface area contributed by atoms with E-state index in [0.29, 0.717) is 6.54 Å². The summed E-state index contributed by atoms with van der Waals surface area (Å²) in [7, 11) is 3.04. The number of carbonyl (C=O) groups is 1. The molecule has 0 aliphatic rings. The lowest BCUT2D eigenvalue weighted by atomic mass is 9.81. The van der Waals surface area contributed by atoms with Gasteiger partial charge in [-0.05, 0) is 36.6 Å². The van der Waals surface area contributed by atoms with Gasteiger partial charge in [-0.2, -0.15) is 0 Å². The molecule has 0 unspecified atom stereocenters. The molecule has 4 nitrogen and oxygen atoms in total. The summed E-state index contributed by atoms with van der Waals surface area (Å²) in [5.41, 5.74) is 3.27. The zero-order valence-electron chi connectivity index (χ0n) is 12.6. The molecule has 19 heavy (non-hydrogen) atoms. The van der Waals surface area contributed by atoms with Crippen LogP contribution in [0.25, 0.3) is 0 Å². The van der Waals surface area contributed by atoms with Crippen LogP contribution < -0.4 is 10.1 Å². The maximum Gasteiger partial charge on any atom is 0.406 e. The number of amides is 1. The third-order valence-corrected chi connectivity index (χ3v) is 3.33. The van der Waals surface area contributed by atoms with E-state index in [1.54, 1.807) is 7.11 Å². The molecule has 0 atom stereocenters. The Morgan fingerprint density at radius 1 is 1.21 bits per heavy atom. The van der Waals surface area contributed by atoms with E-state index in [2.05, 4.69) is 36.9 Å². The van der Waals surface area contributed by atoms with Gasteiger partial charge in [0.1, 0.15) is 5.75 Å². The minimum atomic E-state index is -0.407. The third-order valence-electron chi connectivity index (χ3n) is 3.33. The summed E-state index contributed by atoms with van der Waals surface area (Å²) in [6.07, 6.45) is -0.407. The van der Waals surface area contributed by atoms with Crippen LogP contribution >= 0.6 is 0 Å². The van der Waals surface area contributed by atoms with E-state index in [4.69, 9.17) is 4.74 Å². The van der Waals surface area contributed by atoms with E-state index < -0.39 is 6.09 Å². The Morgan fingerprint density at radius 3 is 2.37 bits per heavy atom. The summed E-state index contributed by atoms with van der Waals surface area (Å²) >= 11 is 0. The largest absolute Gasteiger partial charge is 0.496 e. The number of aryl methyl sites for hydroxylation is 2. The van der Waals surface area contributed by atoms with Crippen LogP contribution in [0.2, 0.25) is 0 Å². The monoisotopic (exact) mass is 265 g/mol. The van der Waals surface area contributed by atoms with E-state index in [9.17, 15) is 4.79 Å². The number of ether oxygens (including phenoxy) is 2. The lowest BCUT2D eigenvalue weighted by Crippen LogP contribution is -2.37. The predicted octanol–water partition coefficient (Wildman–Crippen LogP) is 2.95. The van der Waals surface area contributed by atoms with Crippen LogP contribution in [-0.4, -0.2) is 26.9 Å². The Labute approximate surface area is 115 Å². The highest BCUT2D eigenvalue weighted by atomic mass is 16.5. The third kappa shape index (κ3) is 3.63. The van der Waals surface area contributed by atoms with Gasteiger partial charge in [0.15, 0.2) is 0 Å². The second kappa shape index (κ2) is 5.95. The van der Waals surface area contributed by atoms with E-state index in [-0.39, 0.29) is 5.41 Å². The van der Waals surface area contributed by atoms with Gasteiger partial charge in [-0.25, -0.2) is 4.79 Å². The molecule has 1 rings (SSSR count). The Kier molecular flexibility index (Phi) is 4.81. The van der Waals surface area contributed by atoms with Crippen molar-refractivity contribution < 1.29 is 14.3 Å². The molecule has 0 aliphatic heterocycles. The summed E-state index contributed by atoms with van der Waals surface area (Å²) < 4.78 is 9.92. The molecule has 0 aliphatic carbocycles. The highest BCUT2D eigenvalue weighted by molar-refractivity contribution is 5.67. The van der Waals surface area contributed by atoms with Crippen molar-refractivity contribution in [3.8, 4) is 5.75 Å². The van der Waals surface area contributed by atoms with E-state index >= 15 is 0 Å². The number of rotatable bonds is 4. The molecular weight excluding hydrogens is 242 g/mol. The average Bonchev–Trinajstić information content (AvgIpc) is 2.38. The van der Waals surface area contributed by atoms with Crippen LogP contribution in [0.1, 0.15) is 30.5 Å². The predicted molar refractivity (Wildman–Crippen MR) is 75.9 cm³/mol. The molecular formula is C15H23NO3. The number of hydrogen-bond donors (Lipinski definition) is 1. The van der Waals surface area contributed by atoms with Crippen molar-refractivity contribution in [2.75, 3.05) is 20.8 Å². The van der Waals surface area contributed by atoms with Crippen LogP contribution in [0.3, 0.4) is 0 Å². The van der Waals surface area contributed by atoms with Crippen molar-refractivity contribution >= 4 is 6.09 Å². The highest BCUT2D eigenvalue weighted by Crippen LogP contribution is 2.31. The van der Waals surface area contributed by atoms with Gasteiger partial charge in [0.05, 0.1) is 14.2 Å². The summed E-state index contributed by atoms with van der Waals surface area (Å²) in [4.78, 5) is 11.2. The molecule has 4 heteroatoms. The fourth-order valence-electron chi connectivity index (χ4n) is 2.20. The number of benzene rings is 1. The molecule has 1 aromatic rings. The first-order chi connectivity index (χ1) is 8.81. The first-order valence-electron chi connectivity index (χ1n) is 6.29. The molecule has 106 valence electrons. The normalized spacial score (nSPS) is 11.1. The molecule has 0 heterocycles. The molecule has 0 saturated carbocycles. The van der Waals surface area contributed by atoms with Gasteiger partial charge in [-0.3, -0.25) is 0 Å². The van der Waals surface area contributed by atoms with Crippen LogP contribution in [0.5, 0.6) is 5.75 Å². The number of alkyl carbamates (subject to hydrolysis) is 1. The molecule has 0 fully saturated rings. The Hall–Kier alpha value is -1.71. The number of methoxy groups -OCH3 is 2. The first-order valence-corrected chi connectivity index (χ1v) is 6.29. The Morgan fingerprint density at radius 2 is 1.84 bits per heavy atom. The molecule has 1 amide bonds. The van der Waals surface area contributed by atoms with Gasteiger partial charge in [-0.15, -0.1) is 0 Å². The van der Waals surface area contributed by atoms with Crippen molar-refractivity contribution in [2.45, 2.75) is 33.1 Å². The molecule has 0 bridgehead atoms. The fraction of sp³-hybridized carbons (Fsp3) is 0.533. The zero-order valence-corrected chi connectivity index (χ0v) is 12.6. The van der Waals surface area contributed by atoms with Crippen molar-refractivity contribution in [1.82, 2.24) is 5.32 Å². The Balaban J connectivity index is 3.00. The van der Waals surface area contributed by atoms with Crippen LogP contribution in [0.4, 0.5) is 4.79 Å². The quantitative estimate of drug-likeness (QED) is 0.910. The van der Waals surface area contributed by atoms with Crippen molar-refractivity contribution in [3.05, 3.63) is 28.8 Å². The van der Waals surface area contributed by atoms with Gasteiger partial charge in [0.25, 0.3) is 0 Å². The maximum atomic E-state index is 11.2.